The van der Waals surface area contributed by atoms with Crippen molar-refractivity contribution in [3.63, 3.8) is 0 Å². The van der Waals surface area contributed by atoms with Gasteiger partial charge in [-0.15, -0.1) is 0 Å². The highest BCUT2D eigenvalue weighted by Crippen LogP contribution is 2.01. The Labute approximate surface area is 70.8 Å². The van der Waals surface area contributed by atoms with E-state index in [1.54, 1.807) is 6.92 Å². The van der Waals surface area contributed by atoms with Gasteiger partial charge in [-0.2, -0.15) is 0 Å². The van der Waals surface area contributed by atoms with Crippen LogP contribution in [0.3, 0.4) is 0 Å². The van der Waals surface area contributed by atoms with Crippen molar-refractivity contribution in [3.8, 4) is 6.01 Å². The molecule has 4 nitrogen and oxygen atoms in total. The normalized spacial score (nSPS) is 9.92. The molecule has 0 saturated carbocycles. The van der Waals surface area contributed by atoms with E-state index in [9.17, 15) is 4.79 Å². The molecule has 1 rings (SSSR count). The predicted octanol–water partition coefficient (Wildman–Crippen LogP) is 0.580. The van der Waals surface area contributed by atoms with Crippen molar-refractivity contribution in [1.29, 1.82) is 0 Å². The second-order valence-corrected chi connectivity index (χ2v) is 2.48. The SMILES string of the molecule is CCn1c(OC)ncc(C)c1=O. The predicted molar refractivity (Wildman–Crippen MR) is 45.5 cm³/mol. The molecule has 0 atom stereocenters. The molecular formula is C8H12N2O2. The Kier molecular flexibility index (Phi) is 2.47. The van der Waals surface area contributed by atoms with E-state index in [1.165, 1.54) is 17.9 Å². The fourth-order valence-corrected chi connectivity index (χ4v) is 1.02. The van der Waals surface area contributed by atoms with Crippen LogP contribution in [0.25, 0.3) is 0 Å². The van der Waals surface area contributed by atoms with E-state index in [4.69, 9.17) is 4.74 Å². The molecule has 0 aliphatic rings. The minimum absolute atomic E-state index is 0.0376. The van der Waals surface area contributed by atoms with Crippen molar-refractivity contribution in [3.05, 3.63) is 22.1 Å². The third-order valence-electron chi connectivity index (χ3n) is 1.68. The number of hydrogen-bond acceptors (Lipinski definition) is 3. The summed E-state index contributed by atoms with van der Waals surface area (Å²) in [5.41, 5.74) is 0.599. The summed E-state index contributed by atoms with van der Waals surface area (Å²) in [6.45, 7) is 4.20. The minimum atomic E-state index is -0.0376. The monoisotopic (exact) mass is 168 g/mol. The van der Waals surface area contributed by atoms with Crippen LogP contribution < -0.4 is 10.3 Å². The summed E-state index contributed by atoms with van der Waals surface area (Å²) in [7, 11) is 1.50. The molecule has 0 N–H and O–H groups in total. The van der Waals surface area contributed by atoms with Gasteiger partial charge in [-0.05, 0) is 13.8 Å². The van der Waals surface area contributed by atoms with E-state index in [-0.39, 0.29) is 5.56 Å². The van der Waals surface area contributed by atoms with Crippen LogP contribution in [0.15, 0.2) is 11.0 Å². The van der Waals surface area contributed by atoms with Gasteiger partial charge in [0.1, 0.15) is 0 Å². The third kappa shape index (κ3) is 1.32. The molecule has 0 saturated heterocycles. The molecule has 0 aliphatic heterocycles. The first-order valence-corrected chi connectivity index (χ1v) is 3.81. The molecule has 0 spiro atoms. The average Bonchev–Trinajstić information content (AvgIpc) is 2.09. The largest absolute Gasteiger partial charge is 0.468 e. The Morgan fingerprint density at radius 2 is 2.33 bits per heavy atom. The van der Waals surface area contributed by atoms with Crippen LogP contribution in [0, 0.1) is 6.92 Å². The van der Waals surface area contributed by atoms with Gasteiger partial charge >= 0.3 is 0 Å². The molecule has 0 amide bonds. The molecule has 4 heteroatoms. The van der Waals surface area contributed by atoms with Crippen LogP contribution in [0.2, 0.25) is 0 Å². The number of rotatable bonds is 2. The Balaban J connectivity index is 3.36. The van der Waals surface area contributed by atoms with Crippen LogP contribution in [0.5, 0.6) is 6.01 Å². The summed E-state index contributed by atoms with van der Waals surface area (Å²) in [6.07, 6.45) is 1.52. The maximum atomic E-state index is 11.4. The highest BCUT2D eigenvalue weighted by Gasteiger charge is 2.04. The average molecular weight is 168 g/mol. The number of ether oxygens (including phenoxy) is 1. The first-order valence-electron chi connectivity index (χ1n) is 3.81. The van der Waals surface area contributed by atoms with E-state index in [1.807, 2.05) is 6.92 Å². The van der Waals surface area contributed by atoms with Crippen LogP contribution >= 0.6 is 0 Å². The van der Waals surface area contributed by atoms with E-state index in [0.29, 0.717) is 18.1 Å². The number of nitrogens with zero attached hydrogens (tertiary/aromatic N) is 2. The highest BCUT2D eigenvalue weighted by atomic mass is 16.5. The summed E-state index contributed by atoms with van der Waals surface area (Å²) in [5.74, 6) is 0. The van der Waals surface area contributed by atoms with Gasteiger partial charge in [0.2, 0.25) is 0 Å². The summed E-state index contributed by atoms with van der Waals surface area (Å²) in [4.78, 5) is 15.4. The van der Waals surface area contributed by atoms with Gasteiger partial charge in [0.25, 0.3) is 11.6 Å². The molecule has 12 heavy (non-hydrogen) atoms. The molecule has 0 bridgehead atoms. The molecular weight excluding hydrogens is 156 g/mol. The van der Waals surface area contributed by atoms with Gasteiger partial charge in [-0.3, -0.25) is 9.36 Å². The number of aryl methyl sites for hydroxylation is 1. The fraction of sp³-hybridized carbons (Fsp3) is 0.500. The lowest BCUT2D eigenvalue weighted by molar-refractivity contribution is 0.348. The molecule has 1 aromatic rings. The first kappa shape index (κ1) is 8.77. The lowest BCUT2D eigenvalue weighted by atomic mass is 10.4. The van der Waals surface area contributed by atoms with Gasteiger partial charge < -0.3 is 4.74 Å². The van der Waals surface area contributed by atoms with E-state index in [0.717, 1.165) is 0 Å². The molecule has 0 radical (unpaired) electrons. The molecule has 0 fully saturated rings. The van der Waals surface area contributed by atoms with Crippen molar-refractivity contribution in [2.75, 3.05) is 7.11 Å². The van der Waals surface area contributed by atoms with Crippen LogP contribution in [-0.4, -0.2) is 16.7 Å². The molecule has 0 aromatic carbocycles. The molecule has 1 heterocycles. The van der Waals surface area contributed by atoms with Crippen molar-refractivity contribution in [1.82, 2.24) is 9.55 Å². The highest BCUT2D eigenvalue weighted by molar-refractivity contribution is 5.08. The summed E-state index contributed by atoms with van der Waals surface area (Å²) in [5, 5.41) is 0. The van der Waals surface area contributed by atoms with E-state index >= 15 is 0 Å². The lowest BCUT2D eigenvalue weighted by Gasteiger charge is -2.07. The molecule has 66 valence electrons. The van der Waals surface area contributed by atoms with Crippen molar-refractivity contribution in [2.24, 2.45) is 0 Å². The van der Waals surface area contributed by atoms with Gasteiger partial charge in [0.05, 0.1) is 7.11 Å². The quantitative estimate of drug-likeness (QED) is 0.648. The summed E-state index contributed by atoms with van der Waals surface area (Å²) < 4.78 is 6.42. The topological polar surface area (TPSA) is 44.1 Å². The Morgan fingerprint density at radius 3 is 2.83 bits per heavy atom. The molecule has 0 unspecified atom stereocenters. The number of aromatic nitrogens is 2. The van der Waals surface area contributed by atoms with E-state index in [2.05, 4.69) is 4.98 Å². The maximum Gasteiger partial charge on any atom is 0.298 e. The Morgan fingerprint density at radius 1 is 1.67 bits per heavy atom. The van der Waals surface area contributed by atoms with E-state index < -0.39 is 0 Å². The lowest BCUT2D eigenvalue weighted by Crippen LogP contribution is -2.23. The zero-order valence-electron chi connectivity index (χ0n) is 7.50. The van der Waals surface area contributed by atoms with Crippen LogP contribution in [0.1, 0.15) is 12.5 Å². The third-order valence-corrected chi connectivity index (χ3v) is 1.68. The van der Waals surface area contributed by atoms with Gasteiger partial charge in [-0.1, -0.05) is 0 Å². The fourth-order valence-electron chi connectivity index (χ4n) is 1.02. The number of hydrogen-bond donors (Lipinski definition) is 0. The summed E-state index contributed by atoms with van der Waals surface area (Å²) in [6, 6.07) is 0.369. The van der Waals surface area contributed by atoms with Crippen LogP contribution in [-0.2, 0) is 6.54 Å². The molecule has 0 aliphatic carbocycles. The second-order valence-electron chi connectivity index (χ2n) is 2.48. The van der Waals surface area contributed by atoms with Gasteiger partial charge in [-0.25, -0.2) is 4.98 Å². The smallest absolute Gasteiger partial charge is 0.298 e. The Hall–Kier alpha value is -1.32. The van der Waals surface area contributed by atoms with Crippen LogP contribution in [0.4, 0.5) is 0 Å². The molecule has 1 aromatic heterocycles. The first-order chi connectivity index (χ1) is 5.70. The van der Waals surface area contributed by atoms with Crippen molar-refractivity contribution in [2.45, 2.75) is 20.4 Å². The van der Waals surface area contributed by atoms with Crippen molar-refractivity contribution >= 4 is 0 Å². The Bertz CT molecular complexity index is 330. The zero-order valence-corrected chi connectivity index (χ0v) is 7.50. The zero-order chi connectivity index (χ0) is 9.14. The summed E-state index contributed by atoms with van der Waals surface area (Å²) >= 11 is 0. The van der Waals surface area contributed by atoms with Gasteiger partial charge in [0.15, 0.2) is 0 Å². The second kappa shape index (κ2) is 3.38. The van der Waals surface area contributed by atoms with Crippen molar-refractivity contribution < 1.29 is 4.74 Å². The van der Waals surface area contributed by atoms with Gasteiger partial charge in [0, 0.05) is 18.3 Å². The minimum Gasteiger partial charge on any atom is -0.468 e. The standard InChI is InChI=1S/C8H12N2O2/c1-4-10-7(11)6(2)5-9-8(10)12-3/h5H,4H2,1-3H3. The number of methoxy groups -OCH3 is 1. The maximum absolute atomic E-state index is 11.4.